The Morgan fingerprint density at radius 1 is 0.963 bits per heavy atom. The van der Waals surface area contributed by atoms with Crippen molar-refractivity contribution in [3.8, 4) is 0 Å². The third-order valence-electron chi connectivity index (χ3n) is 4.38. The Morgan fingerprint density at radius 3 is 2.15 bits per heavy atom. The Bertz CT molecular complexity index is 798. The summed E-state index contributed by atoms with van der Waals surface area (Å²) in [5.74, 6) is -1.19. The first kappa shape index (κ1) is 18.8. The number of hydrogen-bond donors (Lipinski definition) is 0. The minimum Gasteiger partial charge on any atom is -0.464 e. The van der Waals surface area contributed by atoms with E-state index in [0.29, 0.717) is 30.8 Å². The minimum atomic E-state index is -0.572. The van der Waals surface area contributed by atoms with Crippen LogP contribution in [0.15, 0.2) is 54.6 Å². The Labute approximate surface area is 157 Å². The van der Waals surface area contributed by atoms with Crippen molar-refractivity contribution in [2.24, 2.45) is 0 Å². The van der Waals surface area contributed by atoms with Gasteiger partial charge in [-0.15, -0.1) is 0 Å². The van der Waals surface area contributed by atoms with Gasteiger partial charge >= 0.3 is 5.97 Å². The van der Waals surface area contributed by atoms with Crippen molar-refractivity contribution in [3.05, 3.63) is 71.3 Å². The van der Waals surface area contributed by atoms with Crippen molar-refractivity contribution in [2.45, 2.75) is 26.0 Å². The second kappa shape index (κ2) is 8.60. The van der Waals surface area contributed by atoms with Crippen LogP contribution < -0.4 is 0 Å². The highest BCUT2D eigenvalue weighted by atomic mass is 16.5. The van der Waals surface area contributed by atoms with Crippen molar-refractivity contribution in [2.75, 3.05) is 13.2 Å². The fourth-order valence-electron chi connectivity index (χ4n) is 3.02. The van der Waals surface area contributed by atoms with Crippen LogP contribution in [0.4, 0.5) is 0 Å². The molecule has 0 fully saturated rings. The molecular weight excluding hydrogens is 346 g/mol. The predicted molar refractivity (Wildman–Crippen MR) is 98.1 cm³/mol. The number of ether oxygens (including phenoxy) is 2. The molecule has 0 saturated heterocycles. The van der Waals surface area contributed by atoms with Gasteiger partial charge < -0.3 is 9.47 Å². The molecule has 0 unspecified atom stereocenters. The maximum Gasteiger partial charge on any atom is 0.302 e. The molecule has 2 amide bonds. The van der Waals surface area contributed by atoms with Gasteiger partial charge in [-0.25, -0.2) is 0 Å². The van der Waals surface area contributed by atoms with E-state index >= 15 is 0 Å². The number of fused-ring (bicyclic) bond motifs is 1. The summed E-state index contributed by atoms with van der Waals surface area (Å²) in [6.45, 7) is 2.01. The summed E-state index contributed by atoms with van der Waals surface area (Å²) < 4.78 is 10.8. The first-order valence-corrected chi connectivity index (χ1v) is 8.80. The number of amides is 2. The third-order valence-corrected chi connectivity index (χ3v) is 4.38. The maximum absolute atomic E-state index is 12.7. The average molecular weight is 367 g/mol. The van der Waals surface area contributed by atoms with Crippen LogP contribution in [0.5, 0.6) is 0 Å². The standard InChI is InChI=1S/C21H21NO5/c1-15(23)27-14-17(11-12-26-13-16-7-3-2-4-8-16)22-20(24)18-9-5-6-10-19(18)21(22)25/h2-10,17H,11-14H2,1H3/t17-/m1/s1. The van der Waals surface area contributed by atoms with E-state index in [-0.39, 0.29) is 18.4 Å². The second-order valence-electron chi connectivity index (χ2n) is 6.31. The summed E-state index contributed by atoms with van der Waals surface area (Å²) in [7, 11) is 0. The normalized spacial score (nSPS) is 14.2. The summed E-state index contributed by atoms with van der Waals surface area (Å²) in [6, 6.07) is 15.8. The lowest BCUT2D eigenvalue weighted by Gasteiger charge is -2.25. The fraction of sp³-hybridized carbons (Fsp3) is 0.286. The Morgan fingerprint density at radius 2 is 1.56 bits per heavy atom. The van der Waals surface area contributed by atoms with E-state index in [0.717, 1.165) is 5.56 Å². The molecule has 0 bridgehead atoms. The highest BCUT2D eigenvalue weighted by molar-refractivity contribution is 6.21. The zero-order valence-corrected chi connectivity index (χ0v) is 15.1. The Hall–Kier alpha value is -2.99. The number of hydrogen-bond acceptors (Lipinski definition) is 5. The molecule has 6 nitrogen and oxygen atoms in total. The quantitative estimate of drug-likeness (QED) is 0.408. The van der Waals surface area contributed by atoms with Gasteiger partial charge in [0.25, 0.3) is 11.8 Å². The summed E-state index contributed by atoms with van der Waals surface area (Å²) >= 11 is 0. The van der Waals surface area contributed by atoms with E-state index in [1.54, 1.807) is 24.3 Å². The molecule has 0 spiro atoms. The van der Waals surface area contributed by atoms with E-state index in [1.807, 2.05) is 30.3 Å². The number of benzene rings is 2. The SMILES string of the molecule is CC(=O)OC[C@@H](CCOCc1ccccc1)N1C(=O)c2ccccc2C1=O. The van der Waals surface area contributed by atoms with Crippen molar-refractivity contribution < 1.29 is 23.9 Å². The van der Waals surface area contributed by atoms with E-state index in [4.69, 9.17) is 9.47 Å². The lowest BCUT2D eigenvalue weighted by molar-refractivity contribution is -0.142. The molecule has 1 heterocycles. The molecule has 2 aromatic rings. The lowest BCUT2D eigenvalue weighted by atomic mass is 10.1. The molecule has 0 radical (unpaired) electrons. The lowest BCUT2D eigenvalue weighted by Crippen LogP contribution is -2.43. The second-order valence-corrected chi connectivity index (χ2v) is 6.31. The first-order chi connectivity index (χ1) is 13.1. The molecule has 1 aliphatic rings. The zero-order valence-electron chi connectivity index (χ0n) is 15.1. The summed E-state index contributed by atoms with van der Waals surface area (Å²) in [5, 5.41) is 0. The van der Waals surface area contributed by atoms with Crippen LogP contribution >= 0.6 is 0 Å². The minimum absolute atomic E-state index is 0.0461. The van der Waals surface area contributed by atoms with Gasteiger partial charge in [0, 0.05) is 13.5 Å². The molecule has 1 aliphatic heterocycles. The number of nitrogens with zero attached hydrogens (tertiary/aromatic N) is 1. The van der Waals surface area contributed by atoms with Crippen LogP contribution in [0.1, 0.15) is 39.6 Å². The molecule has 140 valence electrons. The van der Waals surface area contributed by atoms with E-state index in [1.165, 1.54) is 11.8 Å². The first-order valence-electron chi connectivity index (χ1n) is 8.80. The number of carbonyl (C=O) groups excluding carboxylic acids is 3. The third kappa shape index (κ3) is 4.41. The van der Waals surface area contributed by atoms with Gasteiger partial charge in [-0.1, -0.05) is 42.5 Å². The molecular formula is C21H21NO5. The fourth-order valence-corrected chi connectivity index (χ4v) is 3.02. The number of esters is 1. The molecule has 0 N–H and O–H groups in total. The van der Waals surface area contributed by atoms with Gasteiger partial charge in [0.1, 0.15) is 6.61 Å². The molecule has 0 saturated carbocycles. The van der Waals surface area contributed by atoms with Gasteiger partial charge in [-0.3, -0.25) is 19.3 Å². The van der Waals surface area contributed by atoms with Gasteiger partial charge in [0.05, 0.1) is 23.8 Å². The Kier molecular flexibility index (Phi) is 5.98. The van der Waals surface area contributed by atoms with Gasteiger partial charge in [0.15, 0.2) is 0 Å². The monoisotopic (exact) mass is 367 g/mol. The van der Waals surface area contributed by atoms with Crippen LogP contribution in [-0.2, 0) is 20.9 Å². The van der Waals surface area contributed by atoms with Crippen LogP contribution in [0.25, 0.3) is 0 Å². The summed E-state index contributed by atoms with van der Waals surface area (Å²) in [5.41, 5.74) is 1.79. The highest BCUT2D eigenvalue weighted by Gasteiger charge is 2.39. The van der Waals surface area contributed by atoms with Crippen molar-refractivity contribution in [3.63, 3.8) is 0 Å². The van der Waals surface area contributed by atoms with Gasteiger partial charge in [0.2, 0.25) is 0 Å². The molecule has 0 aromatic heterocycles. The molecule has 2 aromatic carbocycles. The molecule has 6 heteroatoms. The molecule has 1 atom stereocenters. The largest absolute Gasteiger partial charge is 0.464 e. The van der Waals surface area contributed by atoms with Gasteiger partial charge in [-0.05, 0) is 24.1 Å². The van der Waals surface area contributed by atoms with Crippen molar-refractivity contribution in [1.82, 2.24) is 4.90 Å². The smallest absolute Gasteiger partial charge is 0.302 e. The van der Waals surface area contributed by atoms with Crippen molar-refractivity contribution in [1.29, 1.82) is 0 Å². The molecule has 27 heavy (non-hydrogen) atoms. The van der Waals surface area contributed by atoms with Crippen LogP contribution in [0, 0.1) is 0 Å². The molecule has 0 aliphatic carbocycles. The van der Waals surface area contributed by atoms with Crippen LogP contribution in [0.3, 0.4) is 0 Å². The Balaban J connectivity index is 1.65. The number of rotatable bonds is 8. The van der Waals surface area contributed by atoms with Crippen LogP contribution in [0.2, 0.25) is 0 Å². The molecule has 3 rings (SSSR count). The van der Waals surface area contributed by atoms with E-state index in [9.17, 15) is 14.4 Å². The topological polar surface area (TPSA) is 72.9 Å². The summed E-state index contributed by atoms with van der Waals surface area (Å²) in [6.07, 6.45) is 0.381. The maximum atomic E-state index is 12.7. The number of imide groups is 1. The van der Waals surface area contributed by atoms with Crippen LogP contribution in [-0.4, -0.2) is 41.9 Å². The predicted octanol–water partition coefficient (Wildman–Crippen LogP) is 2.82. The van der Waals surface area contributed by atoms with Gasteiger partial charge in [-0.2, -0.15) is 0 Å². The highest BCUT2D eigenvalue weighted by Crippen LogP contribution is 2.25. The van der Waals surface area contributed by atoms with Crippen molar-refractivity contribution >= 4 is 17.8 Å². The zero-order chi connectivity index (χ0) is 19.2. The number of carbonyl (C=O) groups is 3. The van der Waals surface area contributed by atoms with E-state index in [2.05, 4.69) is 0 Å². The average Bonchev–Trinajstić information content (AvgIpc) is 2.93. The summed E-state index contributed by atoms with van der Waals surface area (Å²) in [4.78, 5) is 37.7. The van der Waals surface area contributed by atoms with E-state index < -0.39 is 12.0 Å².